The maximum atomic E-state index is 13.0. The third-order valence-corrected chi connectivity index (χ3v) is 6.22. The van der Waals surface area contributed by atoms with E-state index in [-0.39, 0.29) is 6.03 Å². The van der Waals surface area contributed by atoms with E-state index in [0.717, 1.165) is 35.2 Å². The Hall–Kier alpha value is -3.12. The number of carbonyl (C=O) groups is 1. The number of amides is 2. The number of rotatable bonds is 7. The smallest absolute Gasteiger partial charge is 0.322 e. The highest BCUT2D eigenvalue weighted by Gasteiger charge is 2.35. The molecule has 4 rings (SSSR count). The zero-order valence-corrected chi connectivity index (χ0v) is 20.2. The second-order valence-corrected chi connectivity index (χ2v) is 9.18. The Kier molecular flexibility index (Phi) is 6.84. The van der Waals surface area contributed by atoms with Crippen molar-refractivity contribution < 1.29 is 9.32 Å². The predicted octanol–water partition coefficient (Wildman–Crippen LogP) is 6.50. The standard InChI is InChI=1S/C26H29ClN4O2/c1-5-18-9-11-19(12-10-18)24-29-25(33-30-24)22-17(4)31(14-13-16(2)3)26(32)28-23(22)20-7-6-8-21(27)15-20/h6-12,15-16,23H,5,13-14H2,1-4H3,(H,28,32). The normalized spacial score (nSPS) is 16.5. The van der Waals surface area contributed by atoms with Crippen LogP contribution < -0.4 is 5.32 Å². The predicted molar refractivity (Wildman–Crippen MR) is 131 cm³/mol. The minimum absolute atomic E-state index is 0.142. The van der Waals surface area contributed by atoms with Crippen molar-refractivity contribution in [1.29, 1.82) is 0 Å². The molecule has 1 N–H and O–H groups in total. The van der Waals surface area contributed by atoms with Gasteiger partial charge in [-0.05, 0) is 48.9 Å². The van der Waals surface area contributed by atoms with Gasteiger partial charge in [-0.1, -0.05) is 73.9 Å². The van der Waals surface area contributed by atoms with Gasteiger partial charge in [0.25, 0.3) is 5.89 Å². The lowest BCUT2D eigenvalue weighted by atomic mass is 9.94. The summed E-state index contributed by atoms with van der Waals surface area (Å²) in [6.07, 6.45) is 1.86. The molecule has 1 aliphatic heterocycles. The first kappa shape index (κ1) is 23.1. The van der Waals surface area contributed by atoms with Crippen LogP contribution in [-0.4, -0.2) is 27.6 Å². The van der Waals surface area contributed by atoms with Crippen LogP contribution in [0, 0.1) is 5.92 Å². The molecule has 0 saturated carbocycles. The molecule has 0 fully saturated rings. The number of aromatic nitrogens is 2. The first-order valence-corrected chi connectivity index (χ1v) is 11.7. The Labute approximate surface area is 199 Å². The SMILES string of the molecule is CCc1ccc(-c2noc(C3=C(C)N(CCC(C)C)C(=O)NC3c3cccc(Cl)c3)n2)cc1. The highest BCUT2D eigenvalue weighted by molar-refractivity contribution is 6.30. The molecule has 7 heteroatoms. The number of carbonyl (C=O) groups excluding carboxylic acids is 1. The van der Waals surface area contributed by atoms with E-state index in [9.17, 15) is 4.79 Å². The summed E-state index contributed by atoms with van der Waals surface area (Å²) in [5.41, 5.74) is 4.58. The quantitative estimate of drug-likeness (QED) is 0.433. The van der Waals surface area contributed by atoms with Crippen molar-refractivity contribution in [2.45, 2.75) is 46.6 Å². The highest BCUT2D eigenvalue weighted by Crippen LogP contribution is 2.38. The fraction of sp³-hybridized carbons (Fsp3) is 0.346. The van der Waals surface area contributed by atoms with Crippen LogP contribution in [0.3, 0.4) is 0 Å². The molecule has 0 saturated heterocycles. The van der Waals surface area contributed by atoms with Gasteiger partial charge in [-0.15, -0.1) is 0 Å². The van der Waals surface area contributed by atoms with Crippen molar-refractivity contribution in [2.24, 2.45) is 5.92 Å². The van der Waals surface area contributed by atoms with E-state index in [2.05, 4.69) is 43.4 Å². The molecule has 1 aliphatic rings. The molecule has 1 aromatic heterocycles. The lowest BCUT2D eigenvalue weighted by molar-refractivity contribution is 0.202. The van der Waals surface area contributed by atoms with Crippen molar-refractivity contribution in [3.05, 3.63) is 76.3 Å². The number of allylic oxidation sites excluding steroid dienone is 1. The summed E-state index contributed by atoms with van der Waals surface area (Å²) < 4.78 is 5.75. The van der Waals surface area contributed by atoms with Crippen molar-refractivity contribution in [3.8, 4) is 11.4 Å². The molecule has 0 radical (unpaired) electrons. The monoisotopic (exact) mass is 464 g/mol. The second kappa shape index (κ2) is 9.79. The number of halogens is 1. The van der Waals surface area contributed by atoms with E-state index in [0.29, 0.717) is 29.2 Å². The van der Waals surface area contributed by atoms with Gasteiger partial charge < -0.3 is 9.84 Å². The first-order chi connectivity index (χ1) is 15.9. The zero-order valence-electron chi connectivity index (χ0n) is 19.4. The van der Waals surface area contributed by atoms with E-state index < -0.39 is 6.04 Å². The van der Waals surface area contributed by atoms with Gasteiger partial charge in [0.2, 0.25) is 5.82 Å². The lowest BCUT2D eigenvalue weighted by Crippen LogP contribution is -2.46. The Bertz CT molecular complexity index is 1170. The Morgan fingerprint density at radius 1 is 1.18 bits per heavy atom. The molecule has 2 heterocycles. The number of benzene rings is 2. The summed E-state index contributed by atoms with van der Waals surface area (Å²) >= 11 is 6.26. The summed E-state index contributed by atoms with van der Waals surface area (Å²) in [6.45, 7) is 8.96. The maximum absolute atomic E-state index is 13.0. The molecule has 0 aliphatic carbocycles. The van der Waals surface area contributed by atoms with E-state index in [1.807, 2.05) is 43.3 Å². The number of hydrogen-bond acceptors (Lipinski definition) is 4. The average Bonchev–Trinajstić information content (AvgIpc) is 3.28. The minimum atomic E-state index is -0.442. The van der Waals surface area contributed by atoms with E-state index in [1.165, 1.54) is 5.56 Å². The van der Waals surface area contributed by atoms with Gasteiger partial charge in [-0.2, -0.15) is 4.98 Å². The van der Waals surface area contributed by atoms with E-state index >= 15 is 0 Å². The average molecular weight is 465 g/mol. The molecular weight excluding hydrogens is 436 g/mol. The third-order valence-electron chi connectivity index (χ3n) is 5.99. The molecule has 2 aromatic carbocycles. The van der Waals surface area contributed by atoms with Crippen LogP contribution in [0.15, 0.2) is 58.8 Å². The number of aryl methyl sites for hydroxylation is 1. The van der Waals surface area contributed by atoms with Gasteiger partial charge in [-0.3, -0.25) is 4.90 Å². The molecule has 1 unspecified atom stereocenters. The zero-order chi connectivity index (χ0) is 23.5. The van der Waals surface area contributed by atoms with Gasteiger partial charge in [-0.25, -0.2) is 4.79 Å². The van der Waals surface area contributed by atoms with E-state index in [4.69, 9.17) is 21.1 Å². The lowest BCUT2D eigenvalue weighted by Gasteiger charge is -2.35. The van der Waals surface area contributed by atoms with Gasteiger partial charge in [0, 0.05) is 22.8 Å². The number of nitrogens with zero attached hydrogens (tertiary/aromatic N) is 3. The Morgan fingerprint density at radius 2 is 1.94 bits per heavy atom. The number of hydrogen-bond donors (Lipinski definition) is 1. The molecule has 0 spiro atoms. The fourth-order valence-corrected chi connectivity index (χ4v) is 4.19. The summed E-state index contributed by atoms with van der Waals surface area (Å²) in [6, 6.07) is 15.0. The molecule has 2 amide bonds. The van der Waals surface area contributed by atoms with Gasteiger partial charge >= 0.3 is 6.03 Å². The Balaban J connectivity index is 1.77. The maximum Gasteiger partial charge on any atom is 0.322 e. The fourth-order valence-electron chi connectivity index (χ4n) is 3.99. The van der Waals surface area contributed by atoms with Gasteiger partial charge in [0.05, 0.1) is 11.6 Å². The summed E-state index contributed by atoms with van der Waals surface area (Å²) in [5.74, 6) is 1.38. The third kappa shape index (κ3) is 4.96. The van der Waals surface area contributed by atoms with Gasteiger partial charge in [0.1, 0.15) is 0 Å². The molecule has 6 nitrogen and oxygen atoms in total. The topological polar surface area (TPSA) is 71.3 Å². The molecule has 1 atom stereocenters. The molecule has 0 bridgehead atoms. The highest BCUT2D eigenvalue weighted by atomic mass is 35.5. The largest absolute Gasteiger partial charge is 0.334 e. The van der Waals surface area contributed by atoms with Crippen molar-refractivity contribution in [3.63, 3.8) is 0 Å². The molecule has 33 heavy (non-hydrogen) atoms. The minimum Gasteiger partial charge on any atom is -0.334 e. The summed E-state index contributed by atoms with van der Waals surface area (Å²) in [7, 11) is 0. The summed E-state index contributed by atoms with van der Waals surface area (Å²) in [5, 5.41) is 7.96. The molecule has 172 valence electrons. The Morgan fingerprint density at radius 3 is 2.61 bits per heavy atom. The molecule has 3 aromatic rings. The van der Waals surface area contributed by atoms with Crippen LogP contribution in [0.4, 0.5) is 4.79 Å². The van der Waals surface area contributed by atoms with Crippen molar-refractivity contribution in [2.75, 3.05) is 6.54 Å². The van der Waals surface area contributed by atoms with Crippen LogP contribution in [-0.2, 0) is 6.42 Å². The summed E-state index contributed by atoms with van der Waals surface area (Å²) in [4.78, 5) is 19.5. The van der Waals surface area contributed by atoms with Crippen LogP contribution in [0.25, 0.3) is 17.0 Å². The van der Waals surface area contributed by atoms with Gasteiger partial charge in [0.15, 0.2) is 0 Å². The van der Waals surface area contributed by atoms with Crippen molar-refractivity contribution in [1.82, 2.24) is 20.4 Å². The second-order valence-electron chi connectivity index (χ2n) is 8.74. The molecular formula is C26H29ClN4O2. The van der Waals surface area contributed by atoms with Crippen LogP contribution in [0.1, 0.15) is 57.2 Å². The van der Waals surface area contributed by atoms with Crippen molar-refractivity contribution >= 4 is 23.2 Å². The number of urea groups is 1. The van der Waals surface area contributed by atoms with E-state index in [1.54, 1.807) is 4.90 Å². The van der Waals surface area contributed by atoms with Crippen LogP contribution in [0.2, 0.25) is 5.02 Å². The first-order valence-electron chi connectivity index (χ1n) is 11.3. The van der Waals surface area contributed by atoms with Crippen LogP contribution >= 0.6 is 11.6 Å². The number of nitrogens with one attached hydrogen (secondary N) is 1. The van der Waals surface area contributed by atoms with Crippen LogP contribution in [0.5, 0.6) is 0 Å².